The molecule has 1 aromatic rings. The zero-order chi connectivity index (χ0) is 14.9. The second-order valence-electron chi connectivity index (χ2n) is 6.12. The van der Waals surface area contributed by atoms with Gasteiger partial charge in [-0.3, -0.25) is 4.90 Å². The molecular formula is C16H22N2O2S. The van der Waals surface area contributed by atoms with Crippen molar-refractivity contribution in [1.29, 1.82) is 5.26 Å². The highest BCUT2D eigenvalue weighted by Gasteiger charge is 2.55. The number of aliphatic hydroxyl groups excluding tert-OH is 1. The third-order valence-corrected chi connectivity index (χ3v) is 5.98. The van der Waals surface area contributed by atoms with Gasteiger partial charge in [-0.1, -0.05) is 0 Å². The van der Waals surface area contributed by atoms with Crippen LogP contribution in [0.4, 0.5) is 0 Å². The van der Waals surface area contributed by atoms with Gasteiger partial charge in [0.05, 0.1) is 17.8 Å². The fraction of sp³-hybridized carbons (Fsp3) is 0.688. The Morgan fingerprint density at radius 2 is 2.29 bits per heavy atom. The first-order valence-corrected chi connectivity index (χ1v) is 8.55. The van der Waals surface area contributed by atoms with Crippen molar-refractivity contribution < 1.29 is 9.84 Å². The maximum atomic E-state index is 10.2. The quantitative estimate of drug-likeness (QED) is 0.928. The minimum absolute atomic E-state index is 0.000224. The molecule has 1 aliphatic carbocycles. The van der Waals surface area contributed by atoms with Gasteiger partial charge < -0.3 is 9.84 Å². The van der Waals surface area contributed by atoms with Crippen LogP contribution in [-0.2, 0) is 11.3 Å². The van der Waals surface area contributed by atoms with Gasteiger partial charge in [-0.2, -0.15) is 5.26 Å². The molecule has 1 spiro atoms. The minimum atomic E-state index is -0.192. The normalized spacial score (nSPS) is 28.2. The number of hydrogen-bond donors (Lipinski definition) is 1. The highest BCUT2D eigenvalue weighted by Crippen LogP contribution is 2.51. The molecule has 1 aliphatic heterocycles. The van der Waals surface area contributed by atoms with Crippen molar-refractivity contribution in [3.8, 4) is 6.07 Å². The average molecular weight is 306 g/mol. The summed E-state index contributed by atoms with van der Waals surface area (Å²) in [6.45, 7) is 5.67. The Balaban J connectivity index is 1.56. The molecule has 2 atom stereocenters. The number of aliphatic hydroxyl groups is 1. The Labute approximate surface area is 129 Å². The predicted octanol–water partition coefficient (Wildman–Crippen LogP) is 2.37. The molecule has 0 radical (unpaired) electrons. The van der Waals surface area contributed by atoms with Crippen LogP contribution in [0.25, 0.3) is 0 Å². The molecule has 1 N–H and O–H groups in total. The molecule has 2 fully saturated rings. The van der Waals surface area contributed by atoms with E-state index >= 15 is 0 Å². The van der Waals surface area contributed by atoms with E-state index in [0.29, 0.717) is 0 Å². The second kappa shape index (κ2) is 6.05. The van der Waals surface area contributed by atoms with Gasteiger partial charge in [0, 0.05) is 35.2 Å². The Morgan fingerprint density at radius 3 is 2.86 bits per heavy atom. The van der Waals surface area contributed by atoms with Crippen LogP contribution in [0.3, 0.4) is 0 Å². The number of hydrogen-bond acceptors (Lipinski definition) is 5. The minimum Gasteiger partial charge on any atom is -0.392 e. The standard InChI is InChI=1S/C16H22N2O2S/c1-2-20-15-8-14(19)16(15)3-5-18(6-4-16)10-13-7-12(9-17)11-21-13/h7,11,14-15,19H,2-6,8,10H2,1H3. The third-order valence-electron chi connectivity index (χ3n) is 5.06. The number of nitrogens with zero attached hydrogens (tertiary/aromatic N) is 2. The maximum absolute atomic E-state index is 10.2. The van der Waals surface area contributed by atoms with E-state index in [2.05, 4.69) is 11.0 Å². The number of nitriles is 1. The second-order valence-corrected chi connectivity index (χ2v) is 7.11. The molecule has 5 heteroatoms. The molecule has 1 saturated heterocycles. The van der Waals surface area contributed by atoms with Crippen LogP contribution in [-0.4, -0.2) is 41.9 Å². The summed E-state index contributed by atoms with van der Waals surface area (Å²) >= 11 is 1.66. The first kappa shape index (κ1) is 15.0. The largest absolute Gasteiger partial charge is 0.392 e. The van der Waals surface area contributed by atoms with Crippen LogP contribution >= 0.6 is 11.3 Å². The topological polar surface area (TPSA) is 56.5 Å². The Morgan fingerprint density at radius 1 is 1.52 bits per heavy atom. The van der Waals surface area contributed by atoms with Crippen molar-refractivity contribution in [2.24, 2.45) is 5.41 Å². The smallest absolute Gasteiger partial charge is 0.100 e. The number of likely N-dealkylation sites (tertiary alicyclic amines) is 1. The van der Waals surface area contributed by atoms with E-state index in [4.69, 9.17) is 10.00 Å². The fourth-order valence-corrected chi connectivity index (χ4v) is 4.54. The molecule has 3 rings (SSSR count). The van der Waals surface area contributed by atoms with Gasteiger partial charge in [-0.15, -0.1) is 11.3 Å². The molecular weight excluding hydrogens is 284 g/mol. The third kappa shape index (κ3) is 2.74. The molecule has 4 nitrogen and oxygen atoms in total. The van der Waals surface area contributed by atoms with Crippen LogP contribution in [0.5, 0.6) is 0 Å². The molecule has 0 amide bonds. The SMILES string of the molecule is CCOC1CC(O)C12CCN(Cc1cc(C#N)cs1)CC2. The first-order chi connectivity index (χ1) is 10.2. The average Bonchev–Trinajstić information content (AvgIpc) is 2.95. The summed E-state index contributed by atoms with van der Waals surface area (Å²) in [4.78, 5) is 3.67. The predicted molar refractivity (Wildman–Crippen MR) is 82.0 cm³/mol. The summed E-state index contributed by atoms with van der Waals surface area (Å²) in [5, 5.41) is 21.0. The molecule has 1 saturated carbocycles. The summed E-state index contributed by atoms with van der Waals surface area (Å²) in [5.41, 5.74) is 0.758. The van der Waals surface area contributed by atoms with Gasteiger partial charge in [0.15, 0.2) is 0 Å². The summed E-state index contributed by atoms with van der Waals surface area (Å²) in [6.07, 6.45) is 2.87. The zero-order valence-electron chi connectivity index (χ0n) is 12.4. The van der Waals surface area contributed by atoms with Crippen molar-refractivity contribution >= 4 is 11.3 Å². The van der Waals surface area contributed by atoms with E-state index in [1.165, 1.54) is 4.88 Å². The lowest BCUT2D eigenvalue weighted by Crippen LogP contribution is -2.62. The molecule has 2 unspecified atom stereocenters. The van der Waals surface area contributed by atoms with Crippen molar-refractivity contribution in [1.82, 2.24) is 4.90 Å². The summed E-state index contributed by atoms with van der Waals surface area (Å²) in [5.74, 6) is 0. The van der Waals surface area contributed by atoms with Gasteiger partial charge in [-0.05, 0) is 38.9 Å². The molecule has 21 heavy (non-hydrogen) atoms. The van der Waals surface area contributed by atoms with E-state index < -0.39 is 0 Å². The number of rotatable bonds is 4. The van der Waals surface area contributed by atoms with Crippen molar-refractivity contribution in [3.63, 3.8) is 0 Å². The maximum Gasteiger partial charge on any atom is 0.100 e. The van der Waals surface area contributed by atoms with Gasteiger partial charge in [0.1, 0.15) is 6.07 Å². The number of piperidine rings is 1. The van der Waals surface area contributed by atoms with E-state index in [-0.39, 0.29) is 17.6 Å². The van der Waals surface area contributed by atoms with Crippen molar-refractivity contribution in [3.05, 3.63) is 21.9 Å². The van der Waals surface area contributed by atoms with Crippen LogP contribution in [0.1, 0.15) is 36.6 Å². The molecule has 2 heterocycles. The molecule has 0 bridgehead atoms. The number of thiophene rings is 1. The molecule has 114 valence electrons. The van der Waals surface area contributed by atoms with Crippen molar-refractivity contribution in [2.75, 3.05) is 19.7 Å². The molecule has 2 aliphatic rings. The van der Waals surface area contributed by atoms with Crippen LogP contribution < -0.4 is 0 Å². The Kier molecular flexibility index (Phi) is 4.32. The lowest BCUT2D eigenvalue weighted by molar-refractivity contribution is -0.209. The summed E-state index contributed by atoms with van der Waals surface area (Å²) in [7, 11) is 0. The zero-order valence-corrected chi connectivity index (χ0v) is 13.2. The van der Waals surface area contributed by atoms with Gasteiger partial charge in [0.25, 0.3) is 0 Å². The monoisotopic (exact) mass is 306 g/mol. The summed E-state index contributed by atoms with van der Waals surface area (Å²) in [6, 6.07) is 4.17. The van der Waals surface area contributed by atoms with Crippen LogP contribution in [0.15, 0.2) is 11.4 Å². The Hall–Kier alpha value is -0.930. The van der Waals surface area contributed by atoms with E-state index in [1.54, 1.807) is 11.3 Å². The van der Waals surface area contributed by atoms with E-state index in [1.807, 2.05) is 18.4 Å². The van der Waals surface area contributed by atoms with E-state index in [0.717, 1.165) is 51.1 Å². The molecule has 1 aromatic heterocycles. The van der Waals surface area contributed by atoms with Crippen LogP contribution in [0.2, 0.25) is 0 Å². The molecule has 0 aromatic carbocycles. The number of ether oxygens (including phenoxy) is 1. The van der Waals surface area contributed by atoms with E-state index in [9.17, 15) is 5.11 Å². The summed E-state index contributed by atoms with van der Waals surface area (Å²) < 4.78 is 5.80. The highest BCUT2D eigenvalue weighted by molar-refractivity contribution is 7.10. The lowest BCUT2D eigenvalue weighted by atomic mass is 9.58. The van der Waals surface area contributed by atoms with Gasteiger partial charge in [-0.25, -0.2) is 0 Å². The van der Waals surface area contributed by atoms with Crippen molar-refractivity contribution in [2.45, 2.75) is 44.9 Å². The lowest BCUT2D eigenvalue weighted by Gasteiger charge is -2.56. The van der Waals surface area contributed by atoms with Gasteiger partial charge in [0.2, 0.25) is 0 Å². The highest BCUT2D eigenvalue weighted by atomic mass is 32.1. The van der Waals surface area contributed by atoms with Crippen LogP contribution in [0, 0.1) is 16.7 Å². The Bertz CT molecular complexity index is 527. The fourth-order valence-electron chi connectivity index (χ4n) is 3.69. The van der Waals surface area contributed by atoms with Gasteiger partial charge >= 0.3 is 0 Å². The first-order valence-electron chi connectivity index (χ1n) is 7.67.